The number of hydrogen-bond acceptors (Lipinski definition) is 3. The predicted molar refractivity (Wildman–Crippen MR) is 95.9 cm³/mol. The second-order valence-electron chi connectivity index (χ2n) is 6.64. The number of benzene rings is 1. The Labute approximate surface area is 149 Å². The SMILES string of the molecule is CC1CCCN1C(=O)CCN1CCNCC1c1cccc(F)c1.Cl. The number of likely N-dealkylation sites (tertiary alicyclic amines) is 1. The number of carbonyl (C=O) groups excluding carboxylic acids is 1. The first-order valence-corrected chi connectivity index (χ1v) is 8.65. The maximum Gasteiger partial charge on any atom is 0.224 e. The predicted octanol–water partition coefficient (Wildman–Crippen LogP) is 2.59. The average Bonchev–Trinajstić information content (AvgIpc) is 2.99. The smallest absolute Gasteiger partial charge is 0.224 e. The Morgan fingerprint density at radius 2 is 2.21 bits per heavy atom. The summed E-state index contributed by atoms with van der Waals surface area (Å²) in [6.45, 7) is 6.38. The van der Waals surface area contributed by atoms with Gasteiger partial charge < -0.3 is 10.2 Å². The maximum absolute atomic E-state index is 13.5. The van der Waals surface area contributed by atoms with Crippen molar-refractivity contribution in [3.8, 4) is 0 Å². The van der Waals surface area contributed by atoms with Crippen molar-refractivity contribution >= 4 is 18.3 Å². The number of piperazine rings is 1. The van der Waals surface area contributed by atoms with Crippen molar-refractivity contribution in [2.45, 2.75) is 38.3 Å². The molecule has 134 valence electrons. The van der Waals surface area contributed by atoms with Crippen LogP contribution in [0, 0.1) is 5.82 Å². The van der Waals surface area contributed by atoms with Crippen molar-refractivity contribution in [2.24, 2.45) is 0 Å². The highest BCUT2D eigenvalue weighted by atomic mass is 35.5. The molecule has 6 heteroatoms. The molecule has 1 amide bonds. The quantitative estimate of drug-likeness (QED) is 0.901. The molecule has 0 bridgehead atoms. The molecular formula is C18H27ClFN3O. The van der Waals surface area contributed by atoms with Gasteiger partial charge in [-0.05, 0) is 37.5 Å². The highest BCUT2D eigenvalue weighted by Gasteiger charge is 2.28. The van der Waals surface area contributed by atoms with Gasteiger partial charge >= 0.3 is 0 Å². The molecule has 2 fully saturated rings. The molecule has 2 atom stereocenters. The minimum absolute atomic E-state index is 0. The molecule has 0 saturated carbocycles. The van der Waals surface area contributed by atoms with E-state index in [4.69, 9.17) is 0 Å². The van der Waals surface area contributed by atoms with Gasteiger partial charge in [-0.3, -0.25) is 9.69 Å². The van der Waals surface area contributed by atoms with Crippen molar-refractivity contribution in [2.75, 3.05) is 32.7 Å². The first-order chi connectivity index (χ1) is 11.1. The fraction of sp³-hybridized carbons (Fsp3) is 0.611. The molecule has 2 aliphatic heterocycles. The highest BCUT2D eigenvalue weighted by molar-refractivity contribution is 5.85. The van der Waals surface area contributed by atoms with Gasteiger partial charge in [0.1, 0.15) is 5.82 Å². The molecular weight excluding hydrogens is 329 g/mol. The van der Waals surface area contributed by atoms with Crippen LogP contribution in [-0.4, -0.2) is 54.5 Å². The van der Waals surface area contributed by atoms with E-state index < -0.39 is 0 Å². The van der Waals surface area contributed by atoms with E-state index in [1.807, 2.05) is 11.0 Å². The molecule has 1 N–H and O–H groups in total. The maximum atomic E-state index is 13.5. The standard InChI is InChI=1S/C18H26FN3O.ClH/c1-14-4-3-9-22(14)18(23)7-10-21-11-8-20-13-17(21)15-5-2-6-16(19)12-15;/h2,5-6,12,14,17,20H,3-4,7-11,13H2,1H3;1H. The van der Waals surface area contributed by atoms with E-state index in [9.17, 15) is 9.18 Å². The Morgan fingerprint density at radius 1 is 1.38 bits per heavy atom. The van der Waals surface area contributed by atoms with Crippen LogP contribution in [0.5, 0.6) is 0 Å². The summed E-state index contributed by atoms with van der Waals surface area (Å²) < 4.78 is 13.5. The van der Waals surface area contributed by atoms with E-state index in [2.05, 4.69) is 17.1 Å². The third kappa shape index (κ3) is 4.47. The van der Waals surface area contributed by atoms with Gasteiger partial charge in [0.15, 0.2) is 0 Å². The van der Waals surface area contributed by atoms with E-state index >= 15 is 0 Å². The molecule has 1 aromatic carbocycles. The van der Waals surface area contributed by atoms with E-state index in [1.165, 1.54) is 6.07 Å². The summed E-state index contributed by atoms with van der Waals surface area (Å²) >= 11 is 0. The first kappa shape index (κ1) is 19.2. The zero-order chi connectivity index (χ0) is 16.2. The molecule has 2 unspecified atom stereocenters. The van der Waals surface area contributed by atoms with Crippen LogP contribution in [0.25, 0.3) is 0 Å². The number of amides is 1. The Hall–Kier alpha value is -1.17. The highest BCUT2D eigenvalue weighted by Crippen LogP contribution is 2.24. The Morgan fingerprint density at radius 3 is 2.92 bits per heavy atom. The third-order valence-corrected chi connectivity index (χ3v) is 5.07. The summed E-state index contributed by atoms with van der Waals surface area (Å²) in [6.07, 6.45) is 2.79. The normalized spacial score (nSPS) is 24.7. The molecule has 0 spiro atoms. The van der Waals surface area contributed by atoms with Crippen molar-refractivity contribution in [3.05, 3.63) is 35.6 Å². The second-order valence-corrected chi connectivity index (χ2v) is 6.64. The lowest BCUT2D eigenvalue weighted by Gasteiger charge is -2.36. The summed E-state index contributed by atoms with van der Waals surface area (Å²) in [6, 6.07) is 7.33. The number of rotatable bonds is 4. The van der Waals surface area contributed by atoms with Crippen LogP contribution in [-0.2, 0) is 4.79 Å². The average molecular weight is 356 g/mol. The molecule has 3 rings (SSSR count). The lowest BCUT2D eigenvalue weighted by atomic mass is 10.0. The van der Waals surface area contributed by atoms with Gasteiger partial charge in [-0.2, -0.15) is 0 Å². The zero-order valence-electron chi connectivity index (χ0n) is 14.2. The second kappa shape index (κ2) is 8.79. The van der Waals surface area contributed by atoms with Crippen molar-refractivity contribution in [3.63, 3.8) is 0 Å². The lowest BCUT2D eigenvalue weighted by Crippen LogP contribution is -2.47. The van der Waals surface area contributed by atoms with E-state index in [0.29, 0.717) is 12.5 Å². The molecule has 4 nitrogen and oxygen atoms in total. The first-order valence-electron chi connectivity index (χ1n) is 8.65. The van der Waals surface area contributed by atoms with Gasteiger partial charge in [-0.1, -0.05) is 12.1 Å². The zero-order valence-corrected chi connectivity index (χ0v) is 15.0. The van der Waals surface area contributed by atoms with Crippen LogP contribution in [0.2, 0.25) is 0 Å². The Kier molecular flexibility index (Phi) is 7.02. The van der Waals surface area contributed by atoms with Gasteiger partial charge in [0, 0.05) is 51.2 Å². The summed E-state index contributed by atoms with van der Waals surface area (Å²) in [5.41, 5.74) is 0.985. The molecule has 24 heavy (non-hydrogen) atoms. The number of halogens is 2. The topological polar surface area (TPSA) is 35.6 Å². The Bertz CT molecular complexity index is 557. The summed E-state index contributed by atoms with van der Waals surface area (Å²) in [4.78, 5) is 16.7. The van der Waals surface area contributed by atoms with Crippen molar-refractivity contribution < 1.29 is 9.18 Å². The van der Waals surface area contributed by atoms with Crippen LogP contribution in [0.1, 0.15) is 37.8 Å². The number of hydrogen-bond donors (Lipinski definition) is 1. The van der Waals surface area contributed by atoms with Crippen molar-refractivity contribution in [1.29, 1.82) is 0 Å². The molecule has 2 saturated heterocycles. The molecule has 0 aromatic heterocycles. The van der Waals surface area contributed by atoms with E-state index in [0.717, 1.165) is 51.1 Å². The monoisotopic (exact) mass is 355 g/mol. The number of carbonyl (C=O) groups is 1. The van der Waals surface area contributed by atoms with Crippen LogP contribution < -0.4 is 5.32 Å². The minimum atomic E-state index is -0.199. The third-order valence-electron chi connectivity index (χ3n) is 5.07. The van der Waals surface area contributed by atoms with Gasteiger partial charge in [0.2, 0.25) is 5.91 Å². The fourth-order valence-corrected chi connectivity index (χ4v) is 3.74. The van der Waals surface area contributed by atoms with E-state index in [-0.39, 0.29) is 30.2 Å². The Balaban J connectivity index is 0.00000208. The number of nitrogens with zero attached hydrogens (tertiary/aromatic N) is 2. The van der Waals surface area contributed by atoms with Crippen LogP contribution in [0.15, 0.2) is 24.3 Å². The lowest BCUT2D eigenvalue weighted by molar-refractivity contribution is -0.132. The summed E-state index contributed by atoms with van der Waals surface area (Å²) in [5, 5.41) is 3.37. The van der Waals surface area contributed by atoms with Crippen molar-refractivity contribution in [1.82, 2.24) is 15.1 Å². The largest absolute Gasteiger partial charge is 0.340 e. The number of nitrogens with one attached hydrogen (secondary N) is 1. The summed E-state index contributed by atoms with van der Waals surface area (Å²) in [7, 11) is 0. The van der Waals surface area contributed by atoms with Crippen LogP contribution in [0.3, 0.4) is 0 Å². The fourth-order valence-electron chi connectivity index (χ4n) is 3.74. The van der Waals surface area contributed by atoms with Crippen LogP contribution >= 0.6 is 12.4 Å². The van der Waals surface area contributed by atoms with Gasteiger partial charge in [0.25, 0.3) is 0 Å². The van der Waals surface area contributed by atoms with Crippen LogP contribution in [0.4, 0.5) is 4.39 Å². The molecule has 0 radical (unpaired) electrons. The molecule has 2 heterocycles. The van der Waals surface area contributed by atoms with Gasteiger partial charge in [0.05, 0.1) is 0 Å². The van der Waals surface area contributed by atoms with Gasteiger partial charge in [-0.25, -0.2) is 4.39 Å². The molecule has 2 aliphatic rings. The minimum Gasteiger partial charge on any atom is -0.340 e. The van der Waals surface area contributed by atoms with E-state index in [1.54, 1.807) is 12.1 Å². The summed E-state index contributed by atoms with van der Waals surface area (Å²) in [5.74, 6) is 0.0570. The van der Waals surface area contributed by atoms with Gasteiger partial charge in [-0.15, -0.1) is 12.4 Å². The molecule has 1 aromatic rings. The molecule has 0 aliphatic carbocycles.